The minimum Gasteiger partial charge on any atom is -0.399 e. The van der Waals surface area contributed by atoms with E-state index in [1.54, 1.807) is 18.2 Å². The number of carbonyl (C=O) groups excluding carboxylic acids is 1. The molecule has 1 heterocycles. The van der Waals surface area contributed by atoms with Gasteiger partial charge in [0.15, 0.2) is 0 Å². The van der Waals surface area contributed by atoms with Crippen molar-refractivity contribution in [2.45, 2.75) is 51.0 Å². The van der Waals surface area contributed by atoms with Crippen LogP contribution in [0.25, 0.3) is 0 Å². The van der Waals surface area contributed by atoms with Crippen LogP contribution in [-0.4, -0.2) is 23.4 Å². The number of likely N-dealkylation sites (tertiary alicyclic amines) is 1. The number of nitrogen functional groups attached to an aromatic ring is 1. The van der Waals surface area contributed by atoms with Crippen LogP contribution in [0.2, 0.25) is 5.02 Å². The number of benzene rings is 1. The van der Waals surface area contributed by atoms with Gasteiger partial charge in [0.05, 0.1) is 10.6 Å². The van der Waals surface area contributed by atoms with Crippen LogP contribution in [0.3, 0.4) is 0 Å². The van der Waals surface area contributed by atoms with Crippen LogP contribution < -0.4 is 5.73 Å². The molecule has 2 aliphatic rings. The van der Waals surface area contributed by atoms with Crippen LogP contribution in [0, 0.1) is 5.92 Å². The second-order valence-electron chi connectivity index (χ2n) is 6.35. The quantitative estimate of drug-likeness (QED) is 0.836. The van der Waals surface area contributed by atoms with Crippen LogP contribution in [-0.2, 0) is 0 Å². The van der Waals surface area contributed by atoms with E-state index in [0.717, 1.165) is 19.4 Å². The monoisotopic (exact) mass is 306 g/mol. The summed E-state index contributed by atoms with van der Waals surface area (Å²) in [5.74, 6) is 0.727. The predicted octanol–water partition coefficient (Wildman–Crippen LogP) is 4.11. The zero-order chi connectivity index (χ0) is 14.8. The molecule has 1 saturated carbocycles. The lowest BCUT2D eigenvalue weighted by Gasteiger charge is -2.34. The Morgan fingerprint density at radius 1 is 1.14 bits per heavy atom. The van der Waals surface area contributed by atoms with Crippen molar-refractivity contribution >= 4 is 23.2 Å². The standard InChI is InChI=1S/C17H23ClN2O/c18-15-9-8-13(19)11-14(15)17(21)20-10-4-7-16(20)12-5-2-1-3-6-12/h8-9,11-12,16H,1-7,10,19H2. The Labute approximate surface area is 131 Å². The molecule has 3 rings (SSSR count). The number of amides is 1. The lowest BCUT2D eigenvalue weighted by atomic mass is 9.83. The minimum absolute atomic E-state index is 0.0559. The van der Waals surface area contributed by atoms with Gasteiger partial charge in [-0.25, -0.2) is 0 Å². The molecule has 1 aromatic rings. The summed E-state index contributed by atoms with van der Waals surface area (Å²) < 4.78 is 0. The highest BCUT2D eigenvalue weighted by Crippen LogP contribution is 2.35. The largest absolute Gasteiger partial charge is 0.399 e. The summed E-state index contributed by atoms with van der Waals surface area (Å²) in [6.45, 7) is 0.852. The van der Waals surface area contributed by atoms with Crippen LogP contribution >= 0.6 is 11.6 Å². The van der Waals surface area contributed by atoms with E-state index >= 15 is 0 Å². The van der Waals surface area contributed by atoms with Gasteiger partial charge in [0.1, 0.15) is 0 Å². The Kier molecular flexibility index (Phi) is 4.39. The fraction of sp³-hybridized carbons (Fsp3) is 0.588. The maximum atomic E-state index is 12.9. The van der Waals surface area contributed by atoms with Gasteiger partial charge in [0.25, 0.3) is 5.91 Å². The summed E-state index contributed by atoms with van der Waals surface area (Å²) in [6.07, 6.45) is 8.73. The predicted molar refractivity (Wildman–Crippen MR) is 86.5 cm³/mol. The molecule has 0 bridgehead atoms. The molecule has 1 aliphatic carbocycles. The molecule has 0 aromatic heterocycles. The molecule has 4 heteroatoms. The number of nitrogens with zero attached hydrogens (tertiary/aromatic N) is 1. The van der Waals surface area contributed by atoms with Crippen molar-refractivity contribution in [3.05, 3.63) is 28.8 Å². The molecule has 2 N–H and O–H groups in total. The van der Waals surface area contributed by atoms with Crippen LogP contribution in [0.1, 0.15) is 55.3 Å². The first kappa shape index (κ1) is 14.7. The van der Waals surface area contributed by atoms with E-state index in [1.807, 2.05) is 0 Å². The van der Waals surface area contributed by atoms with Gasteiger partial charge in [-0.3, -0.25) is 4.79 Å². The van der Waals surface area contributed by atoms with E-state index in [2.05, 4.69) is 4.90 Å². The van der Waals surface area contributed by atoms with Crippen molar-refractivity contribution in [1.82, 2.24) is 4.90 Å². The smallest absolute Gasteiger partial charge is 0.255 e. The first-order valence-electron chi connectivity index (χ1n) is 8.03. The zero-order valence-corrected chi connectivity index (χ0v) is 13.1. The van der Waals surface area contributed by atoms with Crippen molar-refractivity contribution in [3.63, 3.8) is 0 Å². The highest BCUT2D eigenvalue weighted by Gasteiger charge is 2.36. The summed E-state index contributed by atoms with van der Waals surface area (Å²) in [4.78, 5) is 14.9. The van der Waals surface area contributed by atoms with Crippen molar-refractivity contribution < 1.29 is 4.79 Å². The van der Waals surface area contributed by atoms with Gasteiger partial charge < -0.3 is 10.6 Å². The fourth-order valence-corrected chi connectivity index (χ4v) is 4.11. The van der Waals surface area contributed by atoms with Gasteiger partial charge in [-0.1, -0.05) is 30.9 Å². The van der Waals surface area contributed by atoms with Crippen molar-refractivity contribution in [1.29, 1.82) is 0 Å². The Morgan fingerprint density at radius 2 is 1.90 bits per heavy atom. The van der Waals surface area contributed by atoms with Gasteiger partial charge in [0, 0.05) is 18.3 Å². The lowest BCUT2D eigenvalue weighted by molar-refractivity contribution is 0.0662. The Morgan fingerprint density at radius 3 is 2.67 bits per heavy atom. The fourth-order valence-electron chi connectivity index (χ4n) is 3.92. The van der Waals surface area contributed by atoms with E-state index in [1.165, 1.54) is 32.1 Å². The topological polar surface area (TPSA) is 46.3 Å². The van der Waals surface area contributed by atoms with Gasteiger partial charge in [-0.15, -0.1) is 0 Å². The van der Waals surface area contributed by atoms with Crippen molar-refractivity contribution in [2.24, 2.45) is 5.92 Å². The van der Waals surface area contributed by atoms with Crippen LogP contribution in [0.4, 0.5) is 5.69 Å². The Bertz CT molecular complexity index is 526. The molecule has 3 nitrogen and oxygen atoms in total. The number of rotatable bonds is 2. The highest BCUT2D eigenvalue weighted by molar-refractivity contribution is 6.34. The second kappa shape index (κ2) is 6.27. The number of nitrogens with two attached hydrogens (primary N) is 1. The third-order valence-corrected chi connectivity index (χ3v) is 5.30. The molecule has 1 aromatic carbocycles. The summed E-state index contributed by atoms with van der Waals surface area (Å²) >= 11 is 6.20. The van der Waals surface area contributed by atoms with Gasteiger partial charge in [0.2, 0.25) is 0 Å². The Balaban J connectivity index is 1.80. The molecule has 1 atom stereocenters. The number of anilines is 1. The average Bonchev–Trinajstić information content (AvgIpc) is 2.99. The van der Waals surface area contributed by atoms with Crippen LogP contribution in [0.15, 0.2) is 18.2 Å². The number of hydrogen-bond donors (Lipinski definition) is 1. The molecule has 1 unspecified atom stereocenters. The lowest BCUT2D eigenvalue weighted by Crippen LogP contribution is -2.40. The second-order valence-corrected chi connectivity index (χ2v) is 6.75. The summed E-state index contributed by atoms with van der Waals surface area (Å²) in [5, 5.41) is 0.503. The Hall–Kier alpha value is -1.22. The SMILES string of the molecule is Nc1ccc(Cl)c(C(=O)N2CCCC2C2CCCCC2)c1. The maximum absolute atomic E-state index is 12.9. The number of hydrogen-bond acceptors (Lipinski definition) is 2. The molecule has 1 aliphatic heterocycles. The normalized spacial score (nSPS) is 23.5. The first-order valence-corrected chi connectivity index (χ1v) is 8.40. The van der Waals surface area contributed by atoms with Gasteiger partial charge in [-0.05, 0) is 49.8 Å². The molecule has 114 valence electrons. The summed E-state index contributed by atoms with van der Waals surface area (Å²) in [5.41, 5.74) is 6.96. The molecule has 21 heavy (non-hydrogen) atoms. The number of carbonyl (C=O) groups is 1. The van der Waals surface area contributed by atoms with Crippen LogP contribution in [0.5, 0.6) is 0 Å². The molecule has 1 saturated heterocycles. The molecular formula is C17H23ClN2O. The average molecular weight is 307 g/mol. The molecule has 1 amide bonds. The molecule has 2 fully saturated rings. The molecular weight excluding hydrogens is 284 g/mol. The van der Waals surface area contributed by atoms with Gasteiger partial charge >= 0.3 is 0 Å². The zero-order valence-electron chi connectivity index (χ0n) is 12.4. The summed E-state index contributed by atoms with van der Waals surface area (Å²) in [7, 11) is 0. The summed E-state index contributed by atoms with van der Waals surface area (Å²) in [6, 6.07) is 5.56. The van der Waals surface area contributed by atoms with E-state index in [-0.39, 0.29) is 5.91 Å². The molecule has 0 radical (unpaired) electrons. The first-order chi connectivity index (χ1) is 10.2. The van der Waals surface area contributed by atoms with E-state index < -0.39 is 0 Å². The maximum Gasteiger partial charge on any atom is 0.255 e. The van der Waals surface area contributed by atoms with E-state index in [4.69, 9.17) is 17.3 Å². The van der Waals surface area contributed by atoms with E-state index in [9.17, 15) is 4.79 Å². The third-order valence-electron chi connectivity index (χ3n) is 4.97. The molecule has 0 spiro atoms. The van der Waals surface area contributed by atoms with Crippen molar-refractivity contribution in [2.75, 3.05) is 12.3 Å². The highest BCUT2D eigenvalue weighted by atomic mass is 35.5. The van der Waals surface area contributed by atoms with Crippen molar-refractivity contribution in [3.8, 4) is 0 Å². The number of halogens is 1. The third kappa shape index (κ3) is 3.03. The van der Waals surface area contributed by atoms with Gasteiger partial charge in [-0.2, -0.15) is 0 Å². The minimum atomic E-state index is 0.0559. The van der Waals surface area contributed by atoms with E-state index in [0.29, 0.717) is 28.2 Å².